The number of rotatable bonds is 4. The molecule has 1 saturated heterocycles. The smallest absolute Gasteiger partial charge is 0.123 e. The summed E-state index contributed by atoms with van der Waals surface area (Å²) in [6.07, 6.45) is 1.28. The Balaban J connectivity index is 2.09. The fourth-order valence-electron chi connectivity index (χ4n) is 2.29. The highest BCUT2D eigenvalue weighted by Crippen LogP contribution is 2.28. The first-order valence-corrected chi connectivity index (χ1v) is 7.34. The van der Waals surface area contributed by atoms with Gasteiger partial charge in [-0.3, -0.25) is 0 Å². The molecule has 0 amide bonds. The van der Waals surface area contributed by atoms with Gasteiger partial charge in [-0.25, -0.2) is 0 Å². The molecule has 2 nitrogen and oxygen atoms in total. The Labute approximate surface area is 108 Å². The number of benzene rings is 1. The highest BCUT2D eigenvalue weighted by atomic mass is 32.2. The quantitative estimate of drug-likeness (QED) is 0.888. The zero-order valence-corrected chi connectivity index (χ0v) is 11.6. The third kappa shape index (κ3) is 3.17. The van der Waals surface area contributed by atoms with E-state index in [1.807, 2.05) is 11.8 Å². The second-order valence-electron chi connectivity index (χ2n) is 4.69. The van der Waals surface area contributed by atoms with Crippen molar-refractivity contribution in [3.05, 3.63) is 29.3 Å². The average Bonchev–Trinajstić information content (AvgIpc) is 2.81. The lowest BCUT2D eigenvalue weighted by Gasteiger charge is -2.21. The lowest BCUT2D eigenvalue weighted by atomic mass is 10.0. The normalized spacial score (nSPS) is 21.5. The molecule has 0 bridgehead atoms. The van der Waals surface area contributed by atoms with Crippen LogP contribution in [0.1, 0.15) is 30.5 Å². The van der Waals surface area contributed by atoms with Gasteiger partial charge in [0.05, 0.1) is 7.11 Å². The van der Waals surface area contributed by atoms with E-state index in [1.165, 1.54) is 29.1 Å². The van der Waals surface area contributed by atoms with Crippen molar-refractivity contribution in [2.75, 3.05) is 18.6 Å². The minimum Gasteiger partial charge on any atom is -0.496 e. The number of methoxy groups -OCH3 is 1. The van der Waals surface area contributed by atoms with Crippen LogP contribution in [0.3, 0.4) is 0 Å². The molecule has 0 saturated carbocycles. The van der Waals surface area contributed by atoms with Gasteiger partial charge < -0.3 is 10.1 Å². The molecule has 0 aromatic heterocycles. The van der Waals surface area contributed by atoms with Crippen LogP contribution < -0.4 is 10.1 Å². The van der Waals surface area contributed by atoms with Gasteiger partial charge in [-0.05, 0) is 37.7 Å². The number of hydrogen-bond donors (Lipinski definition) is 1. The molecule has 3 heteroatoms. The molecule has 0 aliphatic carbocycles. The predicted octanol–water partition coefficient (Wildman–Crippen LogP) is 3.16. The van der Waals surface area contributed by atoms with Gasteiger partial charge in [0.1, 0.15) is 5.75 Å². The summed E-state index contributed by atoms with van der Waals surface area (Å²) in [4.78, 5) is 0. The van der Waals surface area contributed by atoms with Crippen molar-refractivity contribution in [2.45, 2.75) is 32.4 Å². The molecule has 94 valence electrons. The summed E-state index contributed by atoms with van der Waals surface area (Å²) >= 11 is 2.04. The van der Waals surface area contributed by atoms with Crippen molar-refractivity contribution in [1.29, 1.82) is 0 Å². The Morgan fingerprint density at radius 2 is 2.29 bits per heavy atom. The molecule has 1 aliphatic rings. The summed E-state index contributed by atoms with van der Waals surface area (Å²) < 4.78 is 5.47. The molecule has 2 rings (SSSR count). The minimum atomic E-state index is 0.356. The van der Waals surface area contributed by atoms with Crippen molar-refractivity contribution in [3.63, 3.8) is 0 Å². The van der Waals surface area contributed by atoms with Crippen LogP contribution in [0.2, 0.25) is 0 Å². The fraction of sp³-hybridized carbons (Fsp3) is 0.571. The molecular formula is C14H21NOS. The summed E-state index contributed by atoms with van der Waals surface area (Å²) in [5, 5.41) is 3.69. The Morgan fingerprint density at radius 1 is 1.47 bits per heavy atom. The Bertz CT molecular complexity index is 374. The van der Waals surface area contributed by atoms with Crippen LogP contribution in [0.4, 0.5) is 0 Å². The maximum Gasteiger partial charge on any atom is 0.123 e. The SMILES string of the molecule is COc1cc(C)ccc1C(C)NC1CCSC1. The Hall–Kier alpha value is -0.670. The number of nitrogens with one attached hydrogen (secondary N) is 1. The second kappa shape index (κ2) is 5.78. The summed E-state index contributed by atoms with van der Waals surface area (Å²) in [5.74, 6) is 3.52. The molecule has 1 aromatic carbocycles. The summed E-state index contributed by atoms with van der Waals surface area (Å²) in [6.45, 7) is 4.31. The molecule has 0 radical (unpaired) electrons. The number of aryl methyl sites for hydroxylation is 1. The zero-order chi connectivity index (χ0) is 12.3. The van der Waals surface area contributed by atoms with E-state index < -0.39 is 0 Å². The summed E-state index contributed by atoms with van der Waals surface area (Å²) in [7, 11) is 1.75. The fourth-order valence-corrected chi connectivity index (χ4v) is 3.45. The van der Waals surface area contributed by atoms with Gasteiger partial charge in [0.2, 0.25) is 0 Å². The first-order valence-electron chi connectivity index (χ1n) is 6.19. The molecular weight excluding hydrogens is 230 g/mol. The molecule has 0 spiro atoms. The van der Waals surface area contributed by atoms with Crippen molar-refractivity contribution >= 4 is 11.8 Å². The van der Waals surface area contributed by atoms with Crippen LogP contribution in [0.5, 0.6) is 5.75 Å². The van der Waals surface area contributed by atoms with Gasteiger partial charge in [-0.1, -0.05) is 12.1 Å². The van der Waals surface area contributed by atoms with E-state index in [-0.39, 0.29) is 0 Å². The number of thioether (sulfide) groups is 1. The van der Waals surface area contributed by atoms with Crippen molar-refractivity contribution in [1.82, 2.24) is 5.32 Å². The highest BCUT2D eigenvalue weighted by molar-refractivity contribution is 7.99. The van der Waals surface area contributed by atoms with Gasteiger partial charge in [-0.2, -0.15) is 11.8 Å². The molecule has 1 heterocycles. The third-order valence-electron chi connectivity index (χ3n) is 3.27. The lowest BCUT2D eigenvalue weighted by molar-refractivity contribution is 0.396. The van der Waals surface area contributed by atoms with Gasteiger partial charge in [0, 0.05) is 23.4 Å². The molecule has 1 aromatic rings. The second-order valence-corrected chi connectivity index (χ2v) is 5.84. The highest BCUT2D eigenvalue weighted by Gasteiger charge is 2.19. The molecule has 1 N–H and O–H groups in total. The van der Waals surface area contributed by atoms with Gasteiger partial charge >= 0.3 is 0 Å². The van der Waals surface area contributed by atoms with E-state index in [9.17, 15) is 0 Å². The third-order valence-corrected chi connectivity index (χ3v) is 4.43. The van der Waals surface area contributed by atoms with Crippen molar-refractivity contribution in [3.8, 4) is 5.75 Å². The minimum absolute atomic E-state index is 0.356. The first-order chi connectivity index (χ1) is 8.20. The zero-order valence-electron chi connectivity index (χ0n) is 10.8. The molecule has 17 heavy (non-hydrogen) atoms. The van der Waals surface area contributed by atoms with E-state index in [0.29, 0.717) is 12.1 Å². The lowest BCUT2D eigenvalue weighted by Crippen LogP contribution is -2.31. The summed E-state index contributed by atoms with van der Waals surface area (Å²) in [6, 6.07) is 7.44. The van der Waals surface area contributed by atoms with E-state index in [2.05, 4.69) is 37.4 Å². The van der Waals surface area contributed by atoms with Crippen molar-refractivity contribution in [2.24, 2.45) is 0 Å². The van der Waals surface area contributed by atoms with Crippen LogP contribution in [0, 0.1) is 6.92 Å². The monoisotopic (exact) mass is 251 g/mol. The Kier molecular flexibility index (Phi) is 4.35. The van der Waals surface area contributed by atoms with Crippen molar-refractivity contribution < 1.29 is 4.74 Å². The first kappa shape index (κ1) is 12.8. The largest absolute Gasteiger partial charge is 0.496 e. The topological polar surface area (TPSA) is 21.3 Å². The maximum absolute atomic E-state index is 5.47. The molecule has 1 fully saturated rings. The van der Waals surface area contributed by atoms with E-state index in [1.54, 1.807) is 7.11 Å². The maximum atomic E-state index is 5.47. The number of hydrogen-bond acceptors (Lipinski definition) is 3. The summed E-state index contributed by atoms with van der Waals surface area (Å²) in [5.41, 5.74) is 2.50. The van der Waals surface area contributed by atoms with Crippen LogP contribution in [0.25, 0.3) is 0 Å². The standard InChI is InChI=1S/C14H21NOS/c1-10-4-5-13(14(8-10)16-3)11(2)15-12-6-7-17-9-12/h4-5,8,11-12,15H,6-7,9H2,1-3H3. The van der Waals surface area contributed by atoms with E-state index >= 15 is 0 Å². The van der Waals surface area contributed by atoms with Gasteiger partial charge in [0.15, 0.2) is 0 Å². The number of ether oxygens (including phenoxy) is 1. The predicted molar refractivity (Wildman–Crippen MR) is 75.0 cm³/mol. The Morgan fingerprint density at radius 3 is 2.94 bits per heavy atom. The van der Waals surface area contributed by atoms with Gasteiger partial charge in [0.25, 0.3) is 0 Å². The molecule has 1 aliphatic heterocycles. The average molecular weight is 251 g/mol. The van der Waals surface area contributed by atoms with E-state index in [4.69, 9.17) is 4.74 Å². The van der Waals surface area contributed by atoms with Crippen LogP contribution in [-0.4, -0.2) is 24.7 Å². The van der Waals surface area contributed by atoms with Crippen LogP contribution >= 0.6 is 11.8 Å². The molecule has 2 unspecified atom stereocenters. The van der Waals surface area contributed by atoms with E-state index in [0.717, 1.165) is 5.75 Å². The van der Waals surface area contributed by atoms with Gasteiger partial charge in [-0.15, -0.1) is 0 Å². The van der Waals surface area contributed by atoms with Crippen LogP contribution in [-0.2, 0) is 0 Å². The molecule has 2 atom stereocenters. The van der Waals surface area contributed by atoms with Crippen LogP contribution in [0.15, 0.2) is 18.2 Å².